The highest BCUT2D eigenvalue weighted by atomic mass is 32.2. The summed E-state index contributed by atoms with van der Waals surface area (Å²) in [4.78, 5) is 12.0. The third-order valence-corrected chi connectivity index (χ3v) is 4.39. The van der Waals surface area contributed by atoms with Crippen molar-refractivity contribution < 1.29 is 13.7 Å². The second-order valence-corrected chi connectivity index (χ2v) is 7.86. The van der Waals surface area contributed by atoms with E-state index >= 15 is 0 Å². The lowest BCUT2D eigenvalue weighted by Crippen LogP contribution is -2.32. The van der Waals surface area contributed by atoms with E-state index in [1.54, 1.807) is 52.0 Å². The first-order chi connectivity index (χ1) is 9.14. The van der Waals surface area contributed by atoms with Crippen LogP contribution in [0.4, 0.5) is 4.79 Å². The highest BCUT2D eigenvalue weighted by Crippen LogP contribution is 2.13. The summed E-state index contributed by atoms with van der Waals surface area (Å²) in [5, 5.41) is 2.65. The molecule has 0 aliphatic heterocycles. The van der Waals surface area contributed by atoms with Gasteiger partial charge in [-0.25, -0.2) is 13.8 Å². The van der Waals surface area contributed by atoms with Crippen LogP contribution in [0.2, 0.25) is 0 Å². The Morgan fingerprint density at radius 2 is 1.85 bits per heavy atom. The molecule has 5 nitrogen and oxygen atoms in total. The monoisotopic (exact) mass is 298 g/mol. The Morgan fingerprint density at radius 3 is 2.30 bits per heavy atom. The van der Waals surface area contributed by atoms with Crippen molar-refractivity contribution in [1.82, 2.24) is 5.32 Å². The van der Waals surface area contributed by atoms with Crippen molar-refractivity contribution in [3.8, 4) is 0 Å². The summed E-state index contributed by atoms with van der Waals surface area (Å²) in [5.41, 5.74) is 0.345. The summed E-state index contributed by atoms with van der Waals surface area (Å²) >= 11 is 0. The summed E-state index contributed by atoms with van der Waals surface area (Å²) < 4.78 is 24.7. The average molecular weight is 298 g/mol. The van der Waals surface area contributed by atoms with Crippen molar-refractivity contribution in [1.29, 1.82) is 4.78 Å². The Hall–Kier alpha value is -1.56. The maximum atomic E-state index is 11.9. The minimum absolute atomic E-state index is 0.294. The van der Waals surface area contributed by atoms with Gasteiger partial charge in [0, 0.05) is 17.2 Å². The fourth-order valence-electron chi connectivity index (χ4n) is 1.48. The molecular formula is C14H22N2O3S. The number of alkyl carbamates (subject to hydrolysis) is 1. The number of amides is 1. The number of carbonyl (C=O) groups excluding carboxylic acids is 1. The van der Waals surface area contributed by atoms with E-state index < -0.39 is 21.4 Å². The predicted molar refractivity (Wildman–Crippen MR) is 79.2 cm³/mol. The van der Waals surface area contributed by atoms with Gasteiger partial charge in [0.15, 0.2) is 0 Å². The molecule has 6 heteroatoms. The molecule has 0 bridgehead atoms. The fraction of sp³-hybridized carbons (Fsp3) is 0.500. The summed E-state index contributed by atoms with van der Waals surface area (Å²) in [6, 6.07) is 6.86. The molecule has 0 heterocycles. The van der Waals surface area contributed by atoms with Crippen LogP contribution >= 0.6 is 0 Å². The zero-order chi connectivity index (χ0) is 15.4. The van der Waals surface area contributed by atoms with Gasteiger partial charge in [-0.05, 0) is 38.5 Å². The number of ether oxygens (including phenoxy) is 1. The van der Waals surface area contributed by atoms with Crippen LogP contribution in [0.25, 0.3) is 0 Å². The van der Waals surface area contributed by atoms with Gasteiger partial charge in [-0.15, -0.1) is 0 Å². The Bertz CT molecular complexity index is 557. The molecule has 1 unspecified atom stereocenters. The molecule has 1 rings (SSSR count). The van der Waals surface area contributed by atoms with E-state index in [1.807, 2.05) is 0 Å². The maximum absolute atomic E-state index is 11.9. The fourth-order valence-corrected chi connectivity index (χ4v) is 2.39. The van der Waals surface area contributed by atoms with E-state index in [4.69, 9.17) is 9.52 Å². The lowest BCUT2D eigenvalue weighted by molar-refractivity contribution is 0.0523. The molecule has 0 saturated carbocycles. The maximum Gasteiger partial charge on any atom is 0.407 e. The number of benzene rings is 1. The van der Waals surface area contributed by atoms with Gasteiger partial charge in [0.1, 0.15) is 5.60 Å². The molecule has 0 radical (unpaired) electrons. The van der Waals surface area contributed by atoms with Crippen LogP contribution in [0.5, 0.6) is 0 Å². The van der Waals surface area contributed by atoms with Crippen LogP contribution in [0.1, 0.15) is 33.3 Å². The first-order valence-corrected chi connectivity index (χ1v) is 8.19. The third kappa shape index (κ3) is 5.21. The highest BCUT2D eigenvalue weighted by molar-refractivity contribution is 7.92. The molecule has 0 fully saturated rings. The van der Waals surface area contributed by atoms with Crippen LogP contribution in [-0.2, 0) is 21.0 Å². The second-order valence-electron chi connectivity index (χ2n) is 5.46. The number of carbonyl (C=O) groups is 1. The van der Waals surface area contributed by atoms with E-state index in [1.165, 1.54) is 0 Å². The summed E-state index contributed by atoms with van der Waals surface area (Å²) in [6.07, 6.45) is -0.473. The largest absolute Gasteiger partial charge is 0.444 e. The summed E-state index contributed by atoms with van der Waals surface area (Å²) in [5.74, 6) is 0.294. The number of rotatable bonds is 4. The Labute approximate surface area is 120 Å². The lowest BCUT2D eigenvalue weighted by atomic mass is 10.2. The molecule has 1 aromatic rings. The van der Waals surface area contributed by atoms with E-state index in [9.17, 15) is 9.00 Å². The topological polar surface area (TPSA) is 79.3 Å². The van der Waals surface area contributed by atoms with Gasteiger partial charge in [-0.3, -0.25) is 0 Å². The molecule has 1 atom stereocenters. The van der Waals surface area contributed by atoms with Crippen LogP contribution in [0.3, 0.4) is 0 Å². The highest BCUT2D eigenvalue weighted by Gasteiger charge is 2.15. The van der Waals surface area contributed by atoms with Crippen LogP contribution in [0, 0.1) is 4.78 Å². The lowest BCUT2D eigenvalue weighted by Gasteiger charge is -2.19. The SMILES string of the molecule is CCS(=N)(=O)c1ccc(CNC(=O)OC(C)(C)C)cc1. The van der Waals surface area contributed by atoms with Crippen molar-refractivity contribution in [3.63, 3.8) is 0 Å². The van der Waals surface area contributed by atoms with Crippen LogP contribution < -0.4 is 5.32 Å². The molecular weight excluding hydrogens is 276 g/mol. The Kier molecular flexibility index (Phi) is 5.16. The Morgan fingerprint density at radius 1 is 1.30 bits per heavy atom. The van der Waals surface area contributed by atoms with Crippen molar-refractivity contribution in [2.75, 3.05) is 5.75 Å². The molecule has 20 heavy (non-hydrogen) atoms. The molecule has 0 aliphatic rings. The normalized spacial score (nSPS) is 14.4. The van der Waals surface area contributed by atoms with Gasteiger partial charge < -0.3 is 10.1 Å². The van der Waals surface area contributed by atoms with Crippen LogP contribution in [0.15, 0.2) is 29.2 Å². The van der Waals surface area contributed by atoms with Crippen molar-refractivity contribution in [2.24, 2.45) is 0 Å². The molecule has 0 spiro atoms. The third-order valence-electron chi connectivity index (χ3n) is 2.55. The molecule has 0 aromatic heterocycles. The van der Waals surface area contributed by atoms with Gasteiger partial charge in [0.25, 0.3) is 0 Å². The number of hydrogen-bond donors (Lipinski definition) is 2. The zero-order valence-electron chi connectivity index (χ0n) is 12.4. The van der Waals surface area contributed by atoms with E-state index in [0.717, 1.165) is 5.56 Å². The van der Waals surface area contributed by atoms with Crippen LogP contribution in [-0.4, -0.2) is 21.7 Å². The summed E-state index contributed by atoms with van der Waals surface area (Å²) in [6.45, 7) is 7.47. The van der Waals surface area contributed by atoms with Crippen molar-refractivity contribution in [2.45, 2.75) is 44.7 Å². The first kappa shape index (κ1) is 16.5. The molecule has 1 amide bonds. The van der Waals surface area contributed by atoms with Gasteiger partial charge in [0.2, 0.25) is 0 Å². The average Bonchev–Trinajstić information content (AvgIpc) is 2.35. The minimum atomic E-state index is -2.68. The van der Waals surface area contributed by atoms with Gasteiger partial charge >= 0.3 is 6.09 Å². The van der Waals surface area contributed by atoms with Crippen molar-refractivity contribution in [3.05, 3.63) is 29.8 Å². The van der Waals surface area contributed by atoms with Gasteiger partial charge in [-0.1, -0.05) is 19.1 Å². The Balaban J connectivity index is 2.61. The van der Waals surface area contributed by atoms with E-state index in [2.05, 4.69) is 5.32 Å². The van der Waals surface area contributed by atoms with Gasteiger partial charge in [0.05, 0.1) is 9.73 Å². The smallest absolute Gasteiger partial charge is 0.407 e. The minimum Gasteiger partial charge on any atom is -0.444 e. The molecule has 2 N–H and O–H groups in total. The summed E-state index contributed by atoms with van der Waals surface area (Å²) in [7, 11) is -2.68. The predicted octanol–water partition coefficient (Wildman–Crippen LogP) is 3.14. The first-order valence-electron chi connectivity index (χ1n) is 6.46. The van der Waals surface area contributed by atoms with E-state index in [0.29, 0.717) is 17.2 Å². The number of hydrogen-bond acceptors (Lipinski definition) is 4. The molecule has 1 aromatic carbocycles. The molecule has 112 valence electrons. The second kappa shape index (κ2) is 6.26. The zero-order valence-corrected chi connectivity index (χ0v) is 13.2. The van der Waals surface area contributed by atoms with Crippen molar-refractivity contribution >= 4 is 15.8 Å². The number of nitrogens with one attached hydrogen (secondary N) is 2. The standard InChI is InChI=1S/C14H22N2O3S/c1-5-20(15,18)12-8-6-11(7-9-12)10-16-13(17)19-14(2,3)4/h6-9,15H,5,10H2,1-4H3,(H,16,17). The molecule has 0 aliphatic carbocycles. The van der Waals surface area contributed by atoms with E-state index in [-0.39, 0.29) is 0 Å². The quantitative estimate of drug-likeness (QED) is 0.896. The molecule has 0 saturated heterocycles. The van der Waals surface area contributed by atoms with Gasteiger partial charge in [-0.2, -0.15) is 0 Å².